The Morgan fingerprint density at radius 1 is 1.24 bits per heavy atom. The van der Waals surface area contributed by atoms with E-state index in [0.717, 1.165) is 18.2 Å². The molecule has 1 atom stereocenters. The lowest BCUT2D eigenvalue weighted by Crippen LogP contribution is -2.43. The van der Waals surface area contributed by atoms with E-state index in [2.05, 4.69) is 5.32 Å². The molecule has 11 heteroatoms. The summed E-state index contributed by atoms with van der Waals surface area (Å²) in [6, 6.07) is 8.15. The average Bonchev–Trinajstić information content (AvgIpc) is 2.70. The first-order valence-electron chi connectivity index (χ1n) is 8.69. The molecule has 1 amide bonds. The quantitative estimate of drug-likeness (QED) is 0.564. The molecule has 1 aliphatic heterocycles. The molecule has 154 valence electrons. The number of hydrogen-bond acceptors (Lipinski definition) is 5. The number of amides is 1. The summed E-state index contributed by atoms with van der Waals surface area (Å²) in [4.78, 5) is 22.9. The van der Waals surface area contributed by atoms with E-state index in [0.29, 0.717) is 12.8 Å². The summed E-state index contributed by atoms with van der Waals surface area (Å²) in [7, 11) is -3.87. The number of hydrogen-bond donors (Lipinski definition) is 1. The topological polar surface area (TPSA) is 110 Å². The van der Waals surface area contributed by atoms with Crippen LogP contribution in [0.15, 0.2) is 47.4 Å². The van der Waals surface area contributed by atoms with Crippen LogP contribution < -0.4 is 5.32 Å². The molecular formula is C18H17ClFN3O5S. The molecule has 0 bridgehead atoms. The first-order valence-corrected chi connectivity index (χ1v) is 10.5. The summed E-state index contributed by atoms with van der Waals surface area (Å²) in [5.41, 5.74) is -0.141. The van der Waals surface area contributed by atoms with Gasteiger partial charge in [0.2, 0.25) is 15.9 Å². The van der Waals surface area contributed by atoms with Crippen molar-refractivity contribution < 1.29 is 22.5 Å². The van der Waals surface area contributed by atoms with Gasteiger partial charge in [-0.15, -0.1) is 0 Å². The zero-order chi connectivity index (χ0) is 21.2. The van der Waals surface area contributed by atoms with Crippen molar-refractivity contribution >= 4 is 38.9 Å². The van der Waals surface area contributed by atoms with E-state index in [1.165, 1.54) is 28.6 Å². The highest BCUT2D eigenvalue weighted by molar-refractivity contribution is 7.89. The molecule has 2 aromatic rings. The molecule has 3 rings (SSSR count). The van der Waals surface area contributed by atoms with Crippen LogP contribution in [0.4, 0.5) is 15.8 Å². The fourth-order valence-corrected chi connectivity index (χ4v) is 4.78. The summed E-state index contributed by atoms with van der Waals surface area (Å²) in [6.07, 6.45) is 0.912. The predicted octanol–water partition coefficient (Wildman–Crippen LogP) is 3.43. The largest absolute Gasteiger partial charge is 0.324 e. The Bertz CT molecular complexity index is 1050. The van der Waals surface area contributed by atoms with Gasteiger partial charge in [0, 0.05) is 25.2 Å². The molecule has 0 spiro atoms. The molecule has 29 heavy (non-hydrogen) atoms. The number of non-ortho nitro benzene ring substituents is 1. The van der Waals surface area contributed by atoms with Gasteiger partial charge in [-0.25, -0.2) is 12.8 Å². The smallest absolute Gasteiger partial charge is 0.271 e. The van der Waals surface area contributed by atoms with Crippen molar-refractivity contribution in [2.24, 2.45) is 5.92 Å². The van der Waals surface area contributed by atoms with E-state index >= 15 is 0 Å². The summed E-state index contributed by atoms with van der Waals surface area (Å²) in [5.74, 6) is -1.69. The standard InChI is InChI=1S/C18H17ClFN3O5S/c19-16-8-5-14(23(25)26)10-17(16)21-18(24)12-2-1-9-22(11-12)29(27,28)15-6-3-13(20)4-7-15/h3-8,10,12H,1-2,9,11H2,(H,21,24). The number of rotatable bonds is 5. The van der Waals surface area contributed by atoms with Crippen molar-refractivity contribution in [2.45, 2.75) is 17.7 Å². The monoisotopic (exact) mass is 441 g/mol. The van der Waals surface area contributed by atoms with Gasteiger partial charge in [-0.3, -0.25) is 14.9 Å². The number of carbonyl (C=O) groups is 1. The molecule has 1 fully saturated rings. The maximum absolute atomic E-state index is 13.1. The zero-order valence-corrected chi connectivity index (χ0v) is 16.6. The minimum absolute atomic E-state index is 0.0540. The van der Waals surface area contributed by atoms with Crippen LogP contribution in [0.2, 0.25) is 5.02 Å². The molecular weight excluding hydrogens is 425 g/mol. The number of sulfonamides is 1. The summed E-state index contributed by atoms with van der Waals surface area (Å²) < 4.78 is 39.8. The van der Waals surface area contributed by atoms with Gasteiger partial charge in [0.05, 0.1) is 26.4 Å². The zero-order valence-electron chi connectivity index (χ0n) is 15.0. The van der Waals surface area contributed by atoms with Gasteiger partial charge in [-0.2, -0.15) is 4.31 Å². The highest BCUT2D eigenvalue weighted by Crippen LogP contribution is 2.29. The highest BCUT2D eigenvalue weighted by atomic mass is 35.5. The van der Waals surface area contributed by atoms with Crippen LogP contribution >= 0.6 is 11.6 Å². The molecule has 0 aliphatic carbocycles. The normalized spacial score (nSPS) is 17.7. The lowest BCUT2D eigenvalue weighted by Gasteiger charge is -2.31. The Morgan fingerprint density at radius 3 is 2.59 bits per heavy atom. The van der Waals surface area contributed by atoms with Crippen molar-refractivity contribution in [2.75, 3.05) is 18.4 Å². The lowest BCUT2D eigenvalue weighted by atomic mass is 9.98. The van der Waals surface area contributed by atoms with E-state index in [1.54, 1.807) is 0 Å². The molecule has 1 saturated heterocycles. The van der Waals surface area contributed by atoms with E-state index in [1.807, 2.05) is 0 Å². The predicted molar refractivity (Wildman–Crippen MR) is 105 cm³/mol. The number of benzene rings is 2. The maximum atomic E-state index is 13.1. The Balaban J connectivity index is 1.75. The third-order valence-corrected chi connectivity index (χ3v) is 6.83. The number of nitrogens with zero attached hydrogens (tertiary/aromatic N) is 2. The fourth-order valence-electron chi connectivity index (χ4n) is 3.09. The third-order valence-electron chi connectivity index (χ3n) is 4.62. The summed E-state index contributed by atoms with van der Waals surface area (Å²) in [6.45, 7) is 0.180. The van der Waals surface area contributed by atoms with E-state index < -0.39 is 32.6 Å². The van der Waals surface area contributed by atoms with Crippen LogP contribution in [-0.4, -0.2) is 36.6 Å². The van der Waals surface area contributed by atoms with Crippen molar-refractivity contribution in [3.8, 4) is 0 Å². The second-order valence-corrected chi connectivity index (χ2v) is 8.91. The second kappa shape index (κ2) is 8.44. The van der Waals surface area contributed by atoms with Crippen molar-refractivity contribution in [3.05, 3.63) is 63.4 Å². The number of piperidine rings is 1. The van der Waals surface area contributed by atoms with Gasteiger partial charge in [0.25, 0.3) is 5.69 Å². The molecule has 8 nitrogen and oxygen atoms in total. The van der Waals surface area contributed by atoms with Crippen LogP contribution in [0.1, 0.15) is 12.8 Å². The van der Waals surface area contributed by atoms with Crippen molar-refractivity contribution in [1.29, 1.82) is 0 Å². The maximum Gasteiger partial charge on any atom is 0.271 e. The van der Waals surface area contributed by atoms with Crippen molar-refractivity contribution in [1.82, 2.24) is 4.31 Å². The van der Waals surface area contributed by atoms with Gasteiger partial charge in [-0.05, 0) is 43.2 Å². The Morgan fingerprint density at radius 2 is 1.93 bits per heavy atom. The molecule has 1 heterocycles. The van der Waals surface area contributed by atoms with Crippen LogP contribution in [0, 0.1) is 21.8 Å². The average molecular weight is 442 g/mol. The van der Waals surface area contributed by atoms with Crippen LogP contribution in [0.3, 0.4) is 0 Å². The summed E-state index contributed by atoms with van der Waals surface area (Å²) >= 11 is 6.00. The number of nitro benzene ring substituents is 1. The van der Waals surface area contributed by atoms with Gasteiger partial charge in [-0.1, -0.05) is 11.6 Å². The van der Waals surface area contributed by atoms with E-state index in [4.69, 9.17) is 11.6 Å². The second-order valence-electron chi connectivity index (χ2n) is 6.57. The van der Waals surface area contributed by atoms with Crippen LogP contribution in [0.25, 0.3) is 0 Å². The Hall–Kier alpha value is -2.56. The Labute approximate surface area is 171 Å². The Kier molecular flexibility index (Phi) is 6.15. The third kappa shape index (κ3) is 4.72. The van der Waals surface area contributed by atoms with Gasteiger partial charge >= 0.3 is 0 Å². The molecule has 1 N–H and O–H groups in total. The van der Waals surface area contributed by atoms with Crippen LogP contribution in [0.5, 0.6) is 0 Å². The molecule has 2 aromatic carbocycles. The lowest BCUT2D eigenvalue weighted by molar-refractivity contribution is -0.384. The molecule has 0 saturated carbocycles. The number of nitrogens with one attached hydrogen (secondary N) is 1. The molecule has 0 radical (unpaired) electrons. The van der Waals surface area contributed by atoms with E-state index in [-0.39, 0.29) is 34.4 Å². The first kappa shape index (κ1) is 21.2. The van der Waals surface area contributed by atoms with Crippen molar-refractivity contribution in [3.63, 3.8) is 0 Å². The van der Waals surface area contributed by atoms with Gasteiger partial charge in [0.15, 0.2) is 0 Å². The minimum atomic E-state index is -3.87. The van der Waals surface area contributed by atoms with Gasteiger partial charge < -0.3 is 5.32 Å². The first-order chi connectivity index (χ1) is 13.7. The minimum Gasteiger partial charge on any atom is -0.324 e. The SMILES string of the molecule is O=C(Nc1cc([N+](=O)[O-])ccc1Cl)C1CCCN(S(=O)(=O)c2ccc(F)cc2)C1. The van der Waals surface area contributed by atoms with Crippen LogP contribution in [-0.2, 0) is 14.8 Å². The van der Waals surface area contributed by atoms with Gasteiger partial charge in [0.1, 0.15) is 5.82 Å². The molecule has 1 unspecified atom stereocenters. The molecule has 1 aliphatic rings. The fraction of sp³-hybridized carbons (Fsp3) is 0.278. The number of carbonyl (C=O) groups excluding carboxylic acids is 1. The summed E-state index contributed by atoms with van der Waals surface area (Å²) in [5, 5.41) is 13.6. The number of anilines is 1. The number of halogens is 2. The van der Waals surface area contributed by atoms with E-state index in [9.17, 15) is 27.7 Å². The molecule has 0 aromatic heterocycles. The number of nitro groups is 1. The highest BCUT2D eigenvalue weighted by Gasteiger charge is 2.33.